The van der Waals surface area contributed by atoms with E-state index in [9.17, 15) is 4.79 Å². The van der Waals surface area contributed by atoms with E-state index in [0.717, 1.165) is 30.5 Å². The van der Waals surface area contributed by atoms with Crippen molar-refractivity contribution in [1.82, 2.24) is 5.32 Å². The number of nitrogens with one attached hydrogen (secondary N) is 1. The second-order valence-corrected chi connectivity index (χ2v) is 4.27. The molecule has 0 radical (unpaired) electrons. The van der Waals surface area contributed by atoms with Gasteiger partial charge in [0.1, 0.15) is 11.8 Å². The molecule has 2 rings (SSSR count). The lowest BCUT2D eigenvalue weighted by Gasteiger charge is -2.12. The molecule has 1 aromatic rings. The molecule has 16 heavy (non-hydrogen) atoms. The Labute approximate surface area is 95.8 Å². The summed E-state index contributed by atoms with van der Waals surface area (Å²) in [5, 5.41) is 3.14. The second-order valence-electron chi connectivity index (χ2n) is 4.27. The summed E-state index contributed by atoms with van der Waals surface area (Å²) in [5.41, 5.74) is 2.18. The van der Waals surface area contributed by atoms with Crippen molar-refractivity contribution in [3.63, 3.8) is 0 Å². The highest BCUT2D eigenvalue weighted by Gasteiger charge is 2.24. The van der Waals surface area contributed by atoms with Gasteiger partial charge in [0, 0.05) is 0 Å². The van der Waals surface area contributed by atoms with Crippen LogP contribution in [0, 0.1) is 13.8 Å². The first-order valence-corrected chi connectivity index (χ1v) is 5.70. The van der Waals surface area contributed by atoms with Crippen LogP contribution in [0.15, 0.2) is 18.2 Å². The van der Waals surface area contributed by atoms with Crippen LogP contribution in [0.25, 0.3) is 0 Å². The van der Waals surface area contributed by atoms with Crippen LogP contribution in [0.2, 0.25) is 0 Å². The van der Waals surface area contributed by atoms with Crippen molar-refractivity contribution in [2.24, 2.45) is 0 Å². The molecular weight excluding hydrogens is 202 g/mol. The first-order valence-electron chi connectivity index (χ1n) is 5.70. The van der Waals surface area contributed by atoms with E-state index in [4.69, 9.17) is 4.74 Å². The molecule has 1 saturated heterocycles. The van der Waals surface area contributed by atoms with Crippen LogP contribution in [0.1, 0.15) is 24.0 Å². The average molecular weight is 219 g/mol. The monoisotopic (exact) mass is 219 g/mol. The molecule has 1 aliphatic rings. The second kappa shape index (κ2) is 4.66. The quantitative estimate of drug-likeness (QED) is 0.610. The van der Waals surface area contributed by atoms with Gasteiger partial charge in [-0.3, -0.25) is 0 Å². The molecule has 1 atom stereocenters. The Hall–Kier alpha value is -1.35. The summed E-state index contributed by atoms with van der Waals surface area (Å²) in [6, 6.07) is 5.64. The zero-order valence-corrected chi connectivity index (χ0v) is 9.75. The van der Waals surface area contributed by atoms with Gasteiger partial charge in [0.25, 0.3) is 0 Å². The van der Waals surface area contributed by atoms with Crippen molar-refractivity contribution >= 4 is 5.97 Å². The number of esters is 1. The summed E-state index contributed by atoms with van der Waals surface area (Å²) >= 11 is 0. The predicted molar refractivity (Wildman–Crippen MR) is 62.6 cm³/mol. The predicted octanol–water partition coefficient (Wildman–Crippen LogP) is 1.96. The van der Waals surface area contributed by atoms with Crippen molar-refractivity contribution in [3.05, 3.63) is 29.3 Å². The number of hydrogen-bond acceptors (Lipinski definition) is 3. The summed E-state index contributed by atoms with van der Waals surface area (Å²) in [6.07, 6.45) is 1.93. The van der Waals surface area contributed by atoms with E-state index in [0.29, 0.717) is 5.75 Å². The summed E-state index contributed by atoms with van der Waals surface area (Å²) < 4.78 is 5.41. The number of carbonyl (C=O) groups is 1. The molecule has 86 valence electrons. The Bertz CT molecular complexity index is 395. The van der Waals surface area contributed by atoms with Gasteiger partial charge in [0.2, 0.25) is 0 Å². The van der Waals surface area contributed by atoms with Gasteiger partial charge >= 0.3 is 5.97 Å². The Balaban J connectivity index is 2.08. The highest BCUT2D eigenvalue weighted by atomic mass is 16.5. The van der Waals surface area contributed by atoms with Gasteiger partial charge in [-0.25, -0.2) is 4.79 Å². The Morgan fingerprint density at radius 1 is 1.44 bits per heavy atom. The first kappa shape index (κ1) is 11.1. The Morgan fingerprint density at radius 3 is 2.94 bits per heavy atom. The SMILES string of the molecule is Cc1cccc(OC(=O)C2CCCN2)c1C. The molecule has 0 aliphatic carbocycles. The molecule has 0 aromatic heterocycles. The van der Waals surface area contributed by atoms with Gasteiger partial charge < -0.3 is 10.1 Å². The largest absolute Gasteiger partial charge is 0.425 e. The molecule has 0 spiro atoms. The summed E-state index contributed by atoms with van der Waals surface area (Å²) in [4.78, 5) is 11.8. The van der Waals surface area contributed by atoms with Crippen molar-refractivity contribution in [1.29, 1.82) is 0 Å². The smallest absolute Gasteiger partial charge is 0.328 e. The standard InChI is InChI=1S/C13H17NO2/c1-9-5-3-7-12(10(9)2)16-13(15)11-6-4-8-14-11/h3,5,7,11,14H,4,6,8H2,1-2H3. The van der Waals surface area contributed by atoms with Gasteiger partial charge in [-0.2, -0.15) is 0 Å². The van der Waals surface area contributed by atoms with Crippen LogP contribution in [0.4, 0.5) is 0 Å². The number of benzene rings is 1. The summed E-state index contributed by atoms with van der Waals surface area (Å²) in [6.45, 7) is 4.90. The number of ether oxygens (including phenoxy) is 1. The van der Waals surface area contributed by atoms with E-state index in [-0.39, 0.29) is 12.0 Å². The number of hydrogen-bond donors (Lipinski definition) is 1. The third kappa shape index (κ3) is 2.25. The topological polar surface area (TPSA) is 38.3 Å². The molecule has 1 unspecified atom stereocenters. The zero-order chi connectivity index (χ0) is 11.5. The molecule has 1 fully saturated rings. The third-order valence-corrected chi connectivity index (χ3v) is 3.11. The maximum atomic E-state index is 11.8. The number of carbonyl (C=O) groups excluding carboxylic acids is 1. The normalized spacial score (nSPS) is 19.8. The molecule has 1 aromatic carbocycles. The third-order valence-electron chi connectivity index (χ3n) is 3.11. The molecule has 0 amide bonds. The van der Waals surface area contributed by atoms with Crippen molar-refractivity contribution in [2.45, 2.75) is 32.7 Å². The lowest BCUT2D eigenvalue weighted by atomic mass is 10.1. The van der Waals surface area contributed by atoms with Gasteiger partial charge in [0.15, 0.2) is 0 Å². The van der Waals surface area contributed by atoms with Crippen LogP contribution >= 0.6 is 0 Å². The summed E-state index contributed by atoms with van der Waals surface area (Å²) in [7, 11) is 0. The van der Waals surface area contributed by atoms with Crippen molar-refractivity contribution in [2.75, 3.05) is 6.54 Å². The molecule has 3 heteroatoms. The van der Waals surface area contributed by atoms with Gasteiger partial charge in [-0.15, -0.1) is 0 Å². The summed E-state index contributed by atoms with van der Waals surface area (Å²) in [5.74, 6) is 0.518. The lowest BCUT2D eigenvalue weighted by Crippen LogP contribution is -2.34. The maximum Gasteiger partial charge on any atom is 0.328 e. The van der Waals surface area contributed by atoms with E-state index < -0.39 is 0 Å². The average Bonchev–Trinajstić information content (AvgIpc) is 2.78. The first-order chi connectivity index (χ1) is 7.68. The molecule has 0 bridgehead atoms. The van der Waals surface area contributed by atoms with Crippen molar-refractivity contribution < 1.29 is 9.53 Å². The molecule has 1 heterocycles. The molecular formula is C13H17NO2. The van der Waals surface area contributed by atoms with E-state index in [1.165, 1.54) is 0 Å². The minimum Gasteiger partial charge on any atom is -0.425 e. The number of rotatable bonds is 2. The highest BCUT2D eigenvalue weighted by Crippen LogP contribution is 2.21. The van der Waals surface area contributed by atoms with Crippen LogP contribution in [-0.2, 0) is 4.79 Å². The van der Waals surface area contributed by atoms with E-state index >= 15 is 0 Å². The molecule has 3 nitrogen and oxygen atoms in total. The zero-order valence-electron chi connectivity index (χ0n) is 9.75. The minimum atomic E-state index is -0.161. The highest BCUT2D eigenvalue weighted by molar-refractivity contribution is 5.78. The lowest BCUT2D eigenvalue weighted by molar-refractivity contribution is -0.136. The van der Waals surface area contributed by atoms with E-state index in [2.05, 4.69) is 5.32 Å². The van der Waals surface area contributed by atoms with Crippen LogP contribution in [0.5, 0.6) is 5.75 Å². The molecule has 1 N–H and O–H groups in total. The number of aryl methyl sites for hydroxylation is 1. The Kier molecular flexibility index (Phi) is 3.25. The van der Waals surface area contributed by atoms with Crippen LogP contribution in [0.3, 0.4) is 0 Å². The fourth-order valence-electron chi connectivity index (χ4n) is 1.90. The van der Waals surface area contributed by atoms with Crippen molar-refractivity contribution in [3.8, 4) is 5.75 Å². The molecule has 1 aliphatic heterocycles. The fraction of sp³-hybridized carbons (Fsp3) is 0.462. The van der Waals surface area contributed by atoms with Gasteiger partial charge in [-0.1, -0.05) is 12.1 Å². The minimum absolute atomic E-state index is 0.125. The van der Waals surface area contributed by atoms with E-state index in [1.54, 1.807) is 0 Å². The molecule has 0 saturated carbocycles. The van der Waals surface area contributed by atoms with Crippen LogP contribution < -0.4 is 10.1 Å². The maximum absolute atomic E-state index is 11.8. The van der Waals surface area contributed by atoms with Gasteiger partial charge in [-0.05, 0) is 50.4 Å². The van der Waals surface area contributed by atoms with Gasteiger partial charge in [0.05, 0.1) is 0 Å². The van der Waals surface area contributed by atoms with E-state index in [1.807, 2.05) is 32.0 Å². The Morgan fingerprint density at radius 2 is 2.25 bits per heavy atom. The fourth-order valence-corrected chi connectivity index (χ4v) is 1.90. The van der Waals surface area contributed by atoms with Crippen LogP contribution in [-0.4, -0.2) is 18.6 Å².